The topological polar surface area (TPSA) is 0 Å². The summed E-state index contributed by atoms with van der Waals surface area (Å²) in [6.45, 7) is 23.5. The summed E-state index contributed by atoms with van der Waals surface area (Å²) >= 11 is 0. The molecule has 0 aliphatic rings. The molecular weight excluding hydrogens is 450 g/mol. The molecule has 0 unspecified atom stereocenters. The lowest BCUT2D eigenvalue weighted by Gasteiger charge is -2.30. The van der Waals surface area contributed by atoms with Crippen LogP contribution in [0.1, 0.15) is 61.1 Å². The average molecular weight is 492 g/mol. The Morgan fingerprint density at radius 2 is 1.00 bits per heavy atom. The SMILES string of the molecule is Cc1cc(C)c(B(c2c(C)cc(C)cc2C)c2cccc3cccc(P(C(C)C)C(C)C)c23)c(C)c1. The molecule has 0 nitrogen and oxygen atoms in total. The van der Waals surface area contributed by atoms with Gasteiger partial charge in [-0.25, -0.2) is 0 Å². The molecule has 0 bridgehead atoms. The zero-order chi connectivity index (χ0) is 26.3. The van der Waals surface area contributed by atoms with Gasteiger partial charge >= 0.3 is 0 Å². The minimum atomic E-state index is -0.293. The molecule has 0 N–H and O–H groups in total. The van der Waals surface area contributed by atoms with E-state index in [2.05, 4.69) is 130 Å². The molecule has 2 heteroatoms. The van der Waals surface area contributed by atoms with Crippen molar-refractivity contribution in [3.8, 4) is 0 Å². The quantitative estimate of drug-likeness (QED) is 0.198. The monoisotopic (exact) mass is 492 g/mol. The lowest BCUT2D eigenvalue weighted by atomic mass is 9.33. The molecule has 0 fully saturated rings. The minimum Gasteiger partial charge on any atom is -0.0694 e. The Bertz CT molecular complexity index is 1300. The maximum Gasteiger partial charge on any atom is 0.243 e. The van der Waals surface area contributed by atoms with Crippen molar-refractivity contribution in [2.75, 3.05) is 0 Å². The maximum atomic E-state index is 2.43. The number of aryl methyl sites for hydroxylation is 6. The lowest BCUT2D eigenvalue weighted by molar-refractivity contribution is 1.02. The first-order chi connectivity index (χ1) is 17.0. The van der Waals surface area contributed by atoms with Gasteiger partial charge in [0.25, 0.3) is 0 Å². The Kier molecular flexibility index (Phi) is 7.82. The summed E-state index contributed by atoms with van der Waals surface area (Å²) in [5.74, 6) is 0. The molecule has 4 aromatic rings. The van der Waals surface area contributed by atoms with Crippen LogP contribution in [0, 0.1) is 41.5 Å². The third-order valence-corrected chi connectivity index (χ3v) is 10.8. The van der Waals surface area contributed by atoms with Crippen LogP contribution in [0.25, 0.3) is 10.8 Å². The van der Waals surface area contributed by atoms with Gasteiger partial charge in [-0.3, -0.25) is 0 Å². The Hall–Kier alpha value is -2.37. The van der Waals surface area contributed by atoms with Gasteiger partial charge in [0.15, 0.2) is 0 Å². The second kappa shape index (κ2) is 10.6. The number of fused-ring (bicyclic) bond motifs is 1. The van der Waals surface area contributed by atoms with Crippen molar-refractivity contribution in [1.82, 2.24) is 0 Å². The fourth-order valence-corrected chi connectivity index (χ4v) is 9.79. The number of benzene rings is 4. The van der Waals surface area contributed by atoms with Crippen molar-refractivity contribution >= 4 is 47.1 Å². The number of rotatable bonds is 6. The van der Waals surface area contributed by atoms with Gasteiger partial charge < -0.3 is 0 Å². The summed E-state index contributed by atoms with van der Waals surface area (Å²) in [7, 11) is -0.293. The molecule has 0 saturated heterocycles. The molecule has 36 heavy (non-hydrogen) atoms. The summed E-state index contributed by atoms with van der Waals surface area (Å²) in [4.78, 5) is 0. The second-order valence-electron chi connectivity index (χ2n) is 11.4. The second-order valence-corrected chi connectivity index (χ2v) is 14.7. The van der Waals surface area contributed by atoms with Crippen LogP contribution in [-0.4, -0.2) is 18.0 Å². The van der Waals surface area contributed by atoms with Crippen molar-refractivity contribution < 1.29 is 0 Å². The van der Waals surface area contributed by atoms with E-state index < -0.39 is 0 Å². The summed E-state index contributed by atoms with van der Waals surface area (Å²) in [5, 5.41) is 4.42. The van der Waals surface area contributed by atoms with E-state index in [9.17, 15) is 0 Å². The lowest BCUT2D eigenvalue weighted by Crippen LogP contribution is -2.56. The van der Waals surface area contributed by atoms with E-state index in [1.165, 1.54) is 60.5 Å². The van der Waals surface area contributed by atoms with Gasteiger partial charge in [0.2, 0.25) is 6.71 Å². The minimum absolute atomic E-state index is 0.201. The average Bonchev–Trinajstić information content (AvgIpc) is 2.76. The highest BCUT2D eigenvalue weighted by atomic mass is 31.1. The molecule has 0 spiro atoms. The van der Waals surface area contributed by atoms with E-state index in [0.29, 0.717) is 11.3 Å². The highest BCUT2D eigenvalue weighted by molar-refractivity contribution is 7.67. The van der Waals surface area contributed by atoms with E-state index in [1.807, 2.05) is 0 Å². The predicted octanol–water partition coefficient (Wildman–Crippen LogP) is 7.13. The fourth-order valence-electron chi connectivity index (χ4n) is 6.71. The van der Waals surface area contributed by atoms with Gasteiger partial charge in [-0.2, -0.15) is 0 Å². The Morgan fingerprint density at radius 3 is 1.42 bits per heavy atom. The summed E-state index contributed by atoms with van der Waals surface area (Å²) in [6, 6.07) is 23.5. The third kappa shape index (κ3) is 4.93. The largest absolute Gasteiger partial charge is 0.243 e. The summed E-state index contributed by atoms with van der Waals surface area (Å²) in [6.07, 6.45) is 0. The molecule has 0 amide bonds. The Morgan fingerprint density at radius 1 is 0.583 bits per heavy atom. The van der Waals surface area contributed by atoms with Crippen molar-refractivity contribution in [3.63, 3.8) is 0 Å². The highest BCUT2D eigenvalue weighted by Gasteiger charge is 2.31. The van der Waals surface area contributed by atoms with Gasteiger partial charge in [-0.15, -0.1) is 0 Å². The van der Waals surface area contributed by atoms with E-state index in [1.54, 1.807) is 5.30 Å². The third-order valence-electron chi connectivity index (χ3n) is 7.67. The molecular formula is C34H42BP. The van der Waals surface area contributed by atoms with Crippen molar-refractivity contribution in [2.45, 2.75) is 80.6 Å². The van der Waals surface area contributed by atoms with Crippen LogP contribution in [0.4, 0.5) is 0 Å². The first kappa shape index (κ1) is 26.7. The van der Waals surface area contributed by atoms with Crippen LogP contribution >= 0.6 is 7.92 Å². The summed E-state index contributed by atoms with van der Waals surface area (Å²) < 4.78 is 0. The molecule has 0 atom stereocenters. The molecule has 4 aromatic carbocycles. The van der Waals surface area contributed by atoms with Crippen molar-refractivity contribution in [1.29, 1.82) is 0 Å². The van der Waals surface area contributed by atoms with E-state index in [4.69, 9.17) is 0 Å². The smallest absolute Gasteiger partial charge is 0.0694 e. The van der Waals surface area contributed by atoms with Gasteiger partial charge in [0, 0.05) is 0 Å². The normalized spacial score (nSPS) is 11.8. The number of hydrogen-bond acceptors (Lipinski definition) is 0. The molecule has 0 aliphatic heterocycles. The molecule has 186 valence electrons. The zero-order valence-electron chi connectivity index (χ0n) is 24.0. The molecule has 0 saturated carbocycles. The first-order valence-corrected chi connectivity index (χ1v) is 14.9. The van der Waals surface area contributed by atoms with Crippen LogP contribution in [0.15, 0.2) is 60.7 Å². The van der Waals surface area contributed by atoms with Crippen LogP contribution < -0.4 is 21.7 Å². The standard InChI is InChI=1S/C34H42BP/c1-21(2)36(22(3)4)31-16-12-14-29-13-11-15-30(32(29)31)35(33-25(7)17-23(5)18-26(33)8)34-27(9)19-24(6)20-28(34)10/h11-22H,1-10H3. The van der Waals surface area contributed by atoms with Gasteiger partial charge in [-0.1, -0.05) is 146 Å². The molecule has 0 aliphatic carbocycles. The highest BCUT2D eigenvalue weighted by Crippen LogP contribution is 2.46. The van der Waals surface area contributed by atoms with Gasteiger partial charge in [-0.05, 0) is 68.9 Å². The summed E-state index contributed by atoms with van der Waals surface area (Å²) in [5.41, 5.74) is 13.9. The van der Waals surface area contributed by atoms with Gasteiger partial charge in [0.05, 0.1) is 0 Å². The van der Waals surface area contributed by atoms with E-state index in [0.717, 1.165) is 0 Å². The van der Waals surface area contributed by atoms with Crippen LogP contribution in [0.5, 0.6) is 0 Å². The Labute approximate surface area is 221 Å². The molecule has 0 aromatic heterocycles. The van der Waals surface area contributed by atoms with Crippen molar-refractivity contribution in [2.24, 2.45) is 0 Å². The van der Waals surface area contributed by atoms with Gasteiger partial charge in [0.1, 0.15) is 0 Å². The molecule has 0 radical (unpaired) electrons. The molecule has 4 rings (SSSR count). The van der Waals surface area contributed by atoms with Crippen LogP contribution in [-0.2, 0) is 0 Å². The predicted molar refractivity (Wildman–Crippen MR) is 167 cm³/mol. The fraction of sp³-hybridized carbons (Fsp3) is 0.353. The first-order valence-electron chi connectivity index (χ1n) is 13.5. The molecule has 0 heterocycles. The Balaban J connectivity index is 2.17. The van der Waals surface area contributed by atoms with Crippen molar-refractivity contribution in [3.05, 3.63) is 94.0 Å². The zero-order valence-corrected chi connectivity index (χ0v) is 24.8. The maximum absolute atomic E-state index is 2.43. The van der Waals surface area contributed by atoms with Crippen LogP contribution in [0.2, 0.25) is 0 Å². The number of hydrogen-bond donors (Lipinski definition) is 0. The van der Waals surface area contributed by atoms with Crippen LogP contribution in [0.3, 0.4) is 0 Å². The van der Waals surface area contributed by atoms with E-state index >= 15 is 0 Å². The van der Waals surface area contributed by atoms with E-state index in [-0.39, 0.29) is 14.6 Å².